The highest BCUT2D eigenvalue weighted by molar-refractivity contribution is 6.16. The summed E-state index contributed by atoms with van der Waals surface area (Å²) >= 11 is 0. The Hall–Kier alpha value is -4.84. The van der Waals surface area contributed by atoms with Crippen molar-refractivity contribution in [1.29, 1.82) is 0 Å². The van der Waals surface area contributed by atoms with Crippen molar-refractivity contribution in [3.63, 3.8) is 0 Å². The Morgan fingerprint density at radius 3 is 1.32 bits per heavy atom. The molecule has 0 aliphatic heterocycles. The molecule has 0 saturated carbocycles. The van der Waals surface area contributed by atoms with Crippen LogP contribution in [-0.2, 0) is 54.9 Å². The van der Waals surface area contributed by atoms with Crippen LogP contribution in [0.15, 0.2) is 96.4 Å². The second-order valence-electron chi connectivity index (χ2n) is 16.0. The van der Waals surface area contributed by atoms with Gasteiger partial charge in [-0.15, -0.1) is 0 Å². The minimum Gasteiger partial charge on any atom is -0.350 e. The van der Waals surface area contributed by atoms with Crippen molar-refractivity contribution >= 4 is 45.9 Å². The molecule has 0 saturated heterocycles. The summed E-state index contributed by atoms with van der Waals surface area (Å²) in [5.74, 6) is -0.427. The highest BCUT2D eigenvalue weighted by Crippen LogP contribution is 2.56. The van der Waals surface area contributed by atoms with E-state index in [0.717, 1.165) is 78.9 Å². The molecule has 0 spiro atoms. The number of hydrogen-bond donors (Lipinski definition) is 0. The minimum atomic E-state index is -1.20. The van der Waals surface area contributed by atoms with E-state index < -0.39 is 10.8 Å². The van der Waals surface area contributed by atoms with E-state index in [1.807, 2.05) is 64.4 Å². The number of ketones is 2. The summed E-state index contributed by atoms with van der Waals surface area (Å²) in [4.78, 5) is 52.3. The highest BCUT2D eigenvalue weighted by Gasteiger charge is 2.58. The van der Waals surface area contributed by atoms with Crippen molar-refractivity contribution in [3.05, 3.63) is 119 Å². The van der Waals surface area contributed by atoms with Gasteiger partial charge in [-0.25, -0.2) is 0 Å². The molecule has 0 unspecified atom stereocenters. The van der Waals surface area contributed by atoms with Gasteiger partial charge in [0.2, 0.25) is 0 Å². The Morgan fingerprint density at radius 2 is 1.00 bits per heavy atom. The topological polar surface area (TPSA) is 78.1 Å². The van der Waals surface area contributed by atoms with Crippen molar-refractivity contribution in [2.45, 2.75) is 76.0 Å². The molecular formula is C44H46N2O4. The molecule has 2 aromatic carbocycles. The molecule has 0 N–H and O–H groups in total. The number of aromatic nitrogens is 2. The lowest BCUT2D eigenvalue weighted by Crippen LogP contribution is -2.49. The Morgan fingerprint density at radius 1 is 0.640 bits per heavy atom. The molecule has 4 aliphatic rings. The first kappa shape index (κ1) is 33.6. The second kappa shape index (κ2) is 10.8. The number of aryl methyl sites for hydroxylation is 2. The summed E-state index contributed by atoms with van der Waals surface area (Å²) < 4.78 is 4.21. The fraction of sp³-hybridized carbons (Fsp3) is 0.364. The third-order valence-corrected chi connectivity index (χ3v) is 13.3. The predicted octanol–water partition coefficient (Wildman–Crippen LogP) is 8.00. The van der Waals surface area contributed by atoms with Crippen molar-refractivity contribution < 1.29 is 19.2 Å². The lowest BCUT2D eigenvalue weighted by molar-refractivity contribution is -0.134. The summed E-state index contributed by atoms with van der Waals surface area (Å²) in [6.07, 6.45) is 10.9. The SMILES string of the molecule is C=CC1=C(C)[C@]2(C=O)C(=O)[C@H](C1)C(C)(C)c1cn(C)c3cccc2c13.C=CC1=C(C)[C@]2(C=O)C(=O)[C@H](C1)C(C)(C)c1cn(C)c3cccc2c13. The molecular weight excluding hydrogens is 620 g/mol. The fourth-order valence-corrected chi connectivity index (χ4v) is 9.98. The van der Waals surface area contributed by atoms with E-state index >= 15 is 0 Å². The number of carbonyl (C=O) groups excluding carboxylic acids is 4. The summed E-state index contributed by atoms with van der Waals surface area (Å²) in [6.45, 7) is 20.2. The van der Waals surface area contributed by atoms with Crippen molar-refractivity contribution in [3.8, 4) is 0 Å². The van der Waals surface area contributed by atoms with Crippen LogP contribution in [0.3, 0.4) is 0 Å². The summed E-state index contributed by atoms with van der Waals surface area (Å²) in [5.41, 5.74) is 6.70. The quantitative estimate of drug-likeness (QED) is 0.163. The van der Waals surface area contributed by atoms with Gasteiger partial charge >= 0.3 is 0 Å². The van der Waals surface area contributed by atoms with Gasteiger partial charge < -0.3 is 18.7 Å². The Kier molecular flexibility index (Phi) is 7.29. The van der Waals surface area contributed by atoms with Crippen molar-refractivity contribution in [2.75, 3.05) is 0 Å². The van der Waals surface area contributed by atoms with Gasteiger partial charge in [0.25, 0.3) is 0 Å². The highest BCUT2D eigenvalue weighted by atomic mass is 16.2. The van der Waals surface area contributed by atoms with Crippen LogP contribution in [0.5, 0.6) is 0 Å². The molecule has 0 fully saturated rings. The Labute approximate surface area is 294 Å². The maximum Gasteiger partial charge on any atom is 0.158 e. The maximum absolute atomic E-state index is 13.7. The molecule has 6 heteroatoms. The van der Waals surface area contributed by atoms with Crippen LogP contribution < -0.4 is 0 Å². The van der Waals surface area contributed by atoms with Gasteiger partial charge in [0.15, 0.2) is 11.6 Å². The zero-order valence-electron chi connectivity index (χ0n) is 30.4. The zero-order valence-corrected chi connectivity index (χ0v) is 30.4. The molecule has 8 rings (SSSR count). The number of nitrogens with zero attached hydrogens (tertiary/aromatic N) is 2. The van der Waals surface area contributed by atoms with E-state index in [2.05, 4.69) is 74.5 Å². The molecule has 4 aliphatic carbocycles. The number of Topliss-reactive ketones (excluding diaryl/α,β-unsaturated/α-hetero) is 2. The Bertz CT molecular complexity index is 2140. The standard InChI is InChI=1S/2C22H23NO2/c2*1-6-14-10-16-20(25)22(12-24,13(14)2)15-8-7-9-18-19(15)17(11-23(18)5)21(16,3)4/h2*6-9,11-12,16H,1,10H2,2-5H3/t2*16-,22-/m00/s1. The number of benzene rings is 2. The molecule has 6 nitrogen and oxygen atoms in total. The van der Waals surface area contributed by atoms with Gasteiger partial charge in [-0.2, -0.15) is 0 Å². The summed E-state index contributed by atoms with van der Waals surface area (Å²) in [6, 6.07) is 11.9. The number of allylic oxidation sites excluding steroid dienone is 6. The third kappa shape index (κ3) is 3.85. The second-order valence-corrected chi connectivity index (χ2v) is 16.0. The van der Waals surface area contributed by atoms with Crippen LogP contribution in [0.25, 0.3) is 21.8 Å². The fourth-order valence-electron chi connectivity index (χ4n) is 9.98. The van der Waals surface area contributed by atoms with E-state index in [4.69, 9.17) is 0 Å². The first-order valence-electron chi connectivity index (χ1n) is 17.5. The average molecular weight is 667 g/mol. The van der Waals surface area contributed by atoms with Crippen LogP contribution in [-0.4, -0.2) is 33.3 Å². The van der Waals surface area contributed by atoms with Gasteiger partial charge in [-0.05, 0) is 83.4 Å². The van der Waals surface area contributed by atoms with Gasteiger partial charge in [-0.3, -0.25) is 9.59 Å². The molecule has 50 heavy (non-hydrogen) atoms. The number of carbonyl (C=O) groups is 4. The lowest BCUT2D eigenvalue weighted by Gasteiger charge is -2.41. The molecule has 2 heterocycles. The van der Waals surface area contributed by atoms with E-state index in [0.29, 0.717) is 12.8 Å². The smallest absolute Gasteiger partial charge is 0.158 e. The first-order valence-corrected chi connectivity index (χ1v) is 17.5. The largest absolute Gasteiger partial charge is 0.350 e. The minimum absolute atomic E-state index is 0.0296. The van der Waals surface area contributed by atoms with E-state index in [-0.39, 0.29) is 34.2 Å². The monoisotopic (exact) mass is 666 g/mol. The van der Waals surface area contributed by atoms with Gasteiger partial charge in [-0.1, -0.05) is 77.3 Å². The molecule has 256 valence electrons. The van der Waals surface area contributed by atoms with Crippen LogP contribution in [0.4, 0.5) is 0 Å². The number of aldehydes is 2. The molecule has 4 aromatic rings. The van der Waals surface area contributed by atoms with Crippen LogP contribution in [0.2, 0.25) is 0 Å². The number of hydrogen-bond acceptors (Lipinski definition) is 4. The number of rotatable bonds is 4. The predicted molar refractivity (Wildman–Crippen MR) is 199 cm³/mol. The third-order valence-electron chi connectivity index (χ3n) is 13.3. The van der Waals surface area contributed by atoms with E-state index in [9.17, 15) is 19.2 Å². The zero-order chi connectivity index (χ0) is 36.3. The summed E-state index contributed by atoms with van der Waals surface area (Å²) in [5, 5.41) is 2.12. The van der Waals surface area contributed by atoms with Gasteiger partial charge in [0.05, 0.1) is 0 Å². The van der Waals surface area contributed by atoms with Crippen molar-refractivity contribution in [2.24, 2.45) is 25.9 Å². The Balaban J connectivity index is 0.000000157. The number of fused-ring (bicyclic) bond motifs is 6. The molecule has 4 bridgehead atoms. The van der Waals surface area contributed by atoms with Gasteiger partial charge in [0.1, 0.15) is 23.4 Å². The maximum atomic E-state index is 13.7. The van der Waals surface area contributed by atoms with Crippen molar-refractivity contribution in [1.82, 2.24) is 9.13 Å². The van der Waals surface area contributed by atoms with Crippen LogP contribution >= 0.6 is 0 Å². The molecule has 0 amide bonds. The van der Waals surface area contributed by atoms with E-state index in [1.54, 1.807) is 0 Å². The molecule has 4 atom stereocenters. The first-order chi connectivity index (χ1) is 23.6. The molecule has 0 radical (unpaired) electrons. The molecule has 2 aromatic heterocycles. The van der Waals surface area contributed by atoms with Crippen LogP contribution in [0, 0.1) is 11.8 Å². The van der Waals surface area contributed by atoms with Gasteiger partial charge in [0, 0.05) is 71.0 Å². The normalized spacial score (nSPS) is 27.4. The van der Waals surface area contributed by atoms with E-state index in [1.165, 1.54) is 0 Å². The van der Waals surface area contributed by atoms with Crippen LogP contribution in [0.1, 0.15) is 76.6 Å². The lowest BCUT2D eigenvalue weighted by atomic mass is 9.59. The average Bonchev–Trinajstić information content (AvgIpc) is 3.61. The summed E-state index contributed by atoms with van der Waals surface area (Å²) in [7, 11) is 4.05.